The molecule has 1 saturated heterocycles. The third-order valence-corrected chi connectivity index (χ3v) is 3.64. The van der Waals surface area contributed by atoms with Gasteiger partial charge in [-0.1, -0.05) is 15.9 Å². The number of hydrogen-bond acceptors (Lipinski definition) is 3. The van der Waals surface area contributed by atoms with Crippen LogP contribution < -0.4 is 0 Å². The normalized spacial score (nSPS) is 16.4. The first-order valence-corrected chi connectivity index (χ1v) is 6.80. The Morgan fingerprint density at radius 2 is 2.11 bits per heavy atom. The van der Waals surface area contributed by atoms with Crippen molar-refractivity contribution < 1.29 is 14.7 Å². The number of rotatable bonds is 1. The molecular weight excluding hydrogens is 312 g/mol. The second kappa shape index (κ2) is 5.61. The van der Waals surface area contributed by atoms with Gasteiger partial charge in [-0.2, -0.15) is 0 Å². The summed E-state index contributed by atoms with van der Waals surface area (Å²) in [6, 6.07) is 4.72. The Kier molecular flexibility index (Phi) is 4.09. The molecule has 0 bridgehead atoms. The lowest BCUT2D eigenvalue weighted by Gasteiger charge is -2.20. The van der Waals surface area contributed by atoms with Gasteiger partial charge < -0.3 is 14.9 Å². The number of aromatic hydroxyl groups is 1. The highest BCUT2D eigenvalue weighted by atomic mass is 79.9. The fourth-order valence-corrected chi connectivity index (χ4v) is 2.36. The van der Waals surface area contributed by atoms with E-state index in [1.54, 1.807) is 24.1 Å². The van der Waals surface area contributed by atoms with E-state index in [-0.39, 0.29) is 29.7 Å². The Morgan fingerprint density at radius 1 is 1.37 bits per heavy atom. The van der Waals surface area contributed by atoms with E-state index >= 15 is 0 Å². The van der Waals surface area contributed by atoms with Gasteiger partial charge in [0, 0.05) is 24.6 Å². The maximum Gasteiger partial charge on any atom is 0.258 e. The fraction of sp³-hybridized carbons (Fsp3) is 0.385. The van der Waals surface area contributed by atoms with Crippen molar-refractivity contribution in [1.29, 1.82) is 0 Å². The zero-order valence-corrected chi connectivity index (χ0v) is 12.2. The van der Waals surface area contributed by atoms with Crippen molar-refractivity contribution in [2.75, 3.05) is 26.7 Å². The van der Waals surface area contributed by atoms with Crippen molar-refractivity contribution in [1.82, 2.24) is 9.80 Å². The number of carbonyl (C=O) groups is 2. The van der Waals surface area contributed by atoms with Gasteiger partial charge in [0.15, 0.2) is 0 Å². The first kappa shape index (κ1) is 13.9. The number of hydrogen-bond donors (Lipinski definition) is 1. The van der Waals surface area contributed by atoms with Crippen molar-refractivity contribution in [3.05, 3.63) is 28.2 Å². The summed E-state index contributed by atoms with van der Waals surface area (Å²) in [5, 5.41) is 9.81. The molecule has 0 unspecified atom stereocenters. The van der Waals surface area contributed by atoms with E-state index in [1.165, 1.54) is 11.0 Å². The van der Waals surface area contributed by atoms with Crippen LogP contribution in [-0.2, 0) is 4.79 Å². The van der Waals surface area contributed by atoms with Crippen molar-refractivity contribution in [3.63, 3.8) is 0 Å². The summed E-state index contributed by atoms with van der Waals surface area (Å²) >= 11 is 3.23. The molecular formula is C13H15BrN2O3. The molecule has 0 radical (unpaired) electrons. The molecule has 19 heavy (non-hydrogen) atoms. The molecule has 1 aliphatic heterocycles. The zero-order valence-electron chi connectivity index (χ0n) is 10.6. The smallest absolute Gasteiger partial charge is 0.258 e. The summed E-state index contributed by atoms with van der Waals surface area (Å²) in [5.41, 5.74) is 0.223. The molecule has 0 aromatic heterocycles. The molecule has 0 saturated carbocycles. The van der Waals surface area contributed by atoms with Gasteiger partial charge in [-0.15, -0.1) is 0 Å². The van der Waals surface area contributed by atoms with E-state index in [0.717, 1.165) is 6.42 Å². The number of likely N-dealkylation sites (N-methyl/N-ethyl adjacent to an activating group) is 1. The number of nitrogens with zero attached hydrogens (tertiary/aromatic N) is 2. The molecule has 1 heterocycles. The minimum atomic E-state index is -0.311. The quantitative estimate of drug-likeness (QED) is 0.849. The van der Waals surface area contributed by atoms with Crippen LogP contribution in [-0.4, -0.2) is 53.4 Å². The monoisotopic (exact) mass is 326 g/mol. The average molecular weight is 327 g/mol. The summed E-state index contributed by atoms with van der Waals surface area (Å²) in [6.07, 6.45) is 0.741. The van der Waals surface area contributed by atoms with E-state index in [2.05, 4.69) is 15.9 Å². The number of phenolic OH excluding ortho intramolecular Hbond substituents is 1. The minimum Gasteiger partial charge on any atom is -0.507 e. The van der Waals surface area contributed by atoms with Gasteiger partial charge in [0.1, 0.15) is 12.3 Å². The first-order valence-electron chi connectivity index (χ1n) is 6.01. The van der Waals surface area contributed by atoms with Crippen LogP contribution in [0.15, 0.2) is 22.7 Å². The van der Waals surface area contributed by atoms with Crippen molar-refractivity contribution in [2.24, 2.45) is 0 Å². The molecule has 1 N–H and O–H groups in total. The molecule has 102 valence electrons. The Bertz CT molecular complexity index is 519. The SMILES string of the molecule is CN1CCCN(C(=O)c2ccc(Br)cc2O)CC1=O. The highest BCUT2D eigenvalue weighted by Crippen LogP contribution is 2.24. The Morgan fingerprint density at radius 3 is 2.79 bits per heavy atom. The Labute approximate surface area is 119 Å². The van der Waals surface area contributed by atoms with Crippen molar-refractivity contribution in [3.8, 4) is 5.75 Å². The molecule has 1 aromatic carbocycles. The van der Waals surface area contributed by atoms with Crippen LogP contribution in [0.25, 0.3) is 0 Å². The lowest BCUT2D eigenvalue weighted by atomic mass is 10.1. The molecule has 5 nitrogen and oxygen atoms in total. The predicted molar refractivity (Wildman–Crippen MR) is 74.0 cm³/mol. The number of benzene rings is 1. The van der Waals surface area contributed by atoms with Gasteiger partial charge in [0.05, 0.1) is 5.56 Å². The van der Waals surface area contributed by atoms with Gasteiger partial charge in [0.25, 0.3) is 5.91 Å². The second-order valence-electron chi connectivity index (χ2n) is 4.56. The summed E-state index contributed by atoms with van der Waals surface area (Å²) in [7, 11) is 1.73. The van der Waals surface area contributed by atoms with Gasteiger partial charge in [-0.3, -0.25) is 9.59 Å². The van der Waals surface area contributed by atoms with E-state index in [0.29, 0.717) is 17.6 Å². The third-order valence-electron chi connectivity index (χ3n) is 3.15. The standard InChI is InChI=1S/C13H15BrN2O3/c1-15-5-2-6-16(8-12(15)18)13(19)10-4-3-9(14)7-11(10)17/h3-4,7,17H,2,5-6,8H2,1H3. The van der Waals surface area contributed by atoms with Crippen molar-refractivity contribution in [2.45, 2.75) is 6.42 Å². The molecule has 1 aliphatic rings. The van der Waals surface area contributed by atoms with Crippen LogP contribution in [0, 0.1) is 0 Å². The van der Waals surface area contributed by atoms with Crippen LogP contribution >= 0.6 is 15.9 Å². The third kappa shape index (κ3) is 3.07. The topological polar surface area (TPSA) is 60.9 Å². The molecule has 6 heteroatoms. The number of amides is 2. The molecule has 2 amide bonds. The van der Waals surface area contributed by atoms with Gasteiger partial charge in [-0.25, -0.2) is 0 Å². The van der Waals surface area contributed by atoms with Crippen molar-refractivity contribution >= 4 is 27.7 Å². The number of halogens is 1. The number of phenols is 1. The molecule has 0 atom stereocenters. The largest absolute Gasteiger partial charge is 0.507 e. The van der Waals surface area contributed by atoms with E-state index in [9.17, 15) is 14.7 Å². The minimum absolute atomic E-state index is 0.0604. The highest BCUT2D eigenvalue weighted by molar-refractivity contribution is 9.10. The van der Waals surface area contributed by atoms with E-state index in [1.807, 2.05) is 0 Å². The van der Waals surface area contributed by atoms with Gasteiger partial charge >= 0.3 is 0 Å². The van der Waals surface area contributed by atoms with E-state index in [4.69, 9.17) is 0 Å². The first-order chi connectivity index (χ1) is 8.99. The van der Waals surface area contributed by atoms with Gasteiger partial charge in [-0.05, 0) is 24.6 Å². The fourth-order valence-electron chi connectivity index (χ4n) is 2.02. The van der Waals surface area contributed by atoms with Crippen LogP contribution in [0.1, 0.15) is 16.8 Å². The van der Waals surface area contributed by atoms with Crippen LogP contribution in [0.5, 0.6) is 5.75 Å². The lowest BCUT2D eigenvalue weighted by molar-refractivity contribution is -0.129. The second-order valence-corrected chi connectivity index (χ2v) is 5.47. The maximum absolute atomic E-state index is 12.3. The molecule has 1 aromatic rings. The van der Waals surface area contributed by atoms with Gasteiger partial charge in [0.2, 0.25) is 5.91 Å². The molecule has 1 fully saturated rings. The molecule has 0 spiro atoms. The average Bonchev–Trinajstić information content (AvgIpc) is 2.51. The predicted octanol–water partition coefficient (Wildman–Crippen LogP) is 1.46. The summed E-state index contributed by atoms with van der Waals surface area (Å²) < 4.78 is 0.702. The lowest BCUT2D eigenvalue weighted by Crippen LogP contribution is -2.38. The summed E-state index contributed by atoms with van der Waals surface area (Å²) in [6.45, 7) is 1.23. The van der Waals surface area contributed by atoms with Crippen LogP contribution in [0.2, 0.25) is 0 Å². The van der Waals surface area contributed by atoms with E-state index < -0.39 is 0 Å². The molecule has 2 rings (SSSR count). The molecule has 0 aliphatic carbocycles. The maximum atomic E-state index is 12.3. The zero-order chi connectivity index (χ0) is 14.0. The Balaban J connectivity index is 2.21. The highest BCUT2D eigenvalue weighted by Gasteiger charge is 2.25. The van der Waals surface area contributed by atoms with Crippen LogP contribution in [0.4, 0.5) is 0 Å². The number of carbonyl (C=O) groups excluding carboxylic acids is 2. The summed E-state index contributed by atoms with van der Waals surface area (Å²) in [4.78, 5) is 27.2. The summed E-state index contributed by atoms with van der Waals surface area (Å²) in [5.74, 6) is -0.472. The van der Waals surface area contributed by atoms with Crippen LogP contribution in [0.3, 0.4) is 0 Å². The Hall–Kier alpha value is -1.56.